The zero-order valence-electron chi connectivity index (χ0n) is 19.0. The van der Waals surface area contributed by atoms with Crippen LogP contribution in [0.2, 0.25) is 0 Å². The number of rotatable bonds is 5. The highest BCUT2D eigenvalue weighted by Gasteiger charge is 2.63. The Morgan fingerprint density at radius 3 is 2.50 bits per heavy atom. The third-order valence-corrected chi connectivity index (χ3v) is 9.21. The van der Waals surface area contributed by atoms with E-state index < -0.39 is 32.5 Å². The van der Waals surface area contributed by atoms with Gasteiger partial charge in [0, 0.05) is 24.1 Å². The van der Waals surface area contributed by atoms with Crippen LogP contribution in [0, 0.1) is 5.92 Å². The summed E-state index contributed by atoms with van der Waals surface area (Å²) in [5.74, 6) is -1.51. The van der Waals surface area contributed by atoms with Crippen LogP contribution in [0.15, 0.2) is 83.8 Å². The van der Waals surface area contributed by atoms with Gasteiger partial charge >= 0.3 is 5.97 Å². The third kappa shape index (κ3) is 3.07. The van der Waals surface area contributed by atoms with Gasteiger partial charge in [0.1, 0.15) is 5.54 Å². The molecule has 0 saturated carbocycles. The molecule has 1 heterocycles. The third-order valence-electron chi connectivity index (χ3n) is 7.04. The van der Waals surface area contributed by atoms with E-state index in [-0.39, 0.29) is 23.8 Å². The molecule has 2 aliphatic rings. The minimum absolute atomic E-state index is 0.144. The predicted octanol–water partition coefficient (Wildman–Crippen LogP) is 3.75. The first-order valence-corrected chi connectivity index (χ1v) is 12.8. The topological polar surface area (TPSA) is 80.8 Å². The molecule has 0 amide bonds. The second kappa shape index (κ2) is 8.18. The number of likely N-dealkylation sites (N-methyl/N-ethyl adjacent to an activating group) is 1. The molecule has 0 bridgehead atoms. The van der Waals surface area contributed by atoms with Gasteiger partial charge in [-0.1, -0.05) is 60.7 Å². The van der Waals surface area contributed by atoms with E-state index in [9.17, 15) is 18.0 Å². The van der Waals surface area contributed by atoms with E-state index in [1.165, 1.54) is 6.08 Å². The number of nitrogens with zero attached hydrogens (tertiary/aromatic N) is 1. The van der Waals surface area contributed by atoms with Crippen LogP contribution in [0.25, 0.3) is 10.8 Å². The minimum Gasteiger partial charge on any atom is -0.463 e. The van der Waals surface area contributed by atoms with Gasteiger partial charge in [-0.2, -0.15) is 0 Å². The van der Waals surface area contributed by atoms with E-state index in [4.69, 9.17) is 4.74 Å². The molecule has 0 radical (unpaired) electrons. The van der Waals surface area contributed by atoms with Crippen LogP contribution in [-0.2, 0) is 24.9 Å². The van der Waals surface area contributed by atoms with E-state index in [1.54, 1.807) is 56.4 Å². The summed E-state index contributed by atoms with van der Waals surface area (Å²) in [6.07, 6.45) is 2.83. The molecule has 3 atom stereocenters. The quantitative estimate of drug-likeness (QED) is 0.413. The fourth-order valence-corrected chi connectivity index (χ4v) is 7.63. The average molecular weight is 476 g/mol. The van der Waals surface area contributed by atoms with Crippen molar-refractivity contribution in [2.45, 2.75) is 22.6 Å². The van der Waals surface area contributed by atoms with E-state index in [2.05, 4.69) is 0 Å². The molecule has 1 aliphatic heterocycles. The van der Waals surface area contributed by atoms with Crippen LogP contribution in [0.1, 0.15) is 22.8 Å². The van der Waals surface area contributed by atoms with E-state index in [1.807, 2.05) is 35.2 Å². The zero-order valence-corrected chi connectivity index (χ0v) is 19.8. The van der Waals surface area contributed by atoms with E-state index >= 15 is 0 Å². The van der Waals surface area contributed by atoms with E-state index in [0.29, 0.717) is 5.56 Å². The fraction of sp³-hybridized carbons (Fsp3) is 0.259. The van der Waals surface area contributed by atoms with Crippen LogP contribution in [0.5, 0.6) is 0 Å². The summed E-state index contributed by atoms with van der Waals surface area (Å²) in [5, 5.41) is 0.837. The Hall–Kier alpha value is -3.29. The van der Waals surface area contributed by atoms with Crippen molar-refractivity contribution in [3.63, 3.8) is 0 Å². The van der Waals surface area contributed by atoms with Crippen molar-refractivity contribution >= 4 is 32.4 Å². The lowest BCUT2D eigenvalue weighted by Gasteiger charge is -2.36. The largest absolute Gasteiger partial charge is 0.463 e. The first-order chi connectivity index (χ1) is 16.3. The molecule has 3 aromatic carbocycles. The number of esters is 1. The number of hydrogen-bond acceptors (Lipinski definition) is 6. The first-order valence-electron chi connectivity index (χ1n) is 11.3. The van der Waals surface area contributed by atoms with Gasteiger partial charge in [0.25, 0.3) is 0 Å². The van der Waals surface area contributed by atoms with Gasteiger partial charge in [-0.25, -0.2) is 13.2 Å². The van der Waals surface area contributed by atoms with Crippen molar-refractivity contribution < 1.29 is 22.7 Å². The predicted molar refractivity (Wildman–Crippen MR) is 129 cm³/mol. The number of benzene rings is 3. The van der Waals surface area contributed by atoms with Crippen molar-refractivity contribution in [1.82, 2.24) is 4.90 Å². The lowest BCUT2D eigenvalue weighted by Crippen LogP contribution is -2.48. The summed E-state index contributed by atoms with van der Waals surface area (Å²) in [5.41, 5.74) is 0.114. The van der Waals surface area contributed by atoms with Crippen LogP contribution in [0.4, 0.5) is 0 Å². The Morgan fingerprint density at radius 1 is 1.09 bits per heavy atom. The van der Waals surface area contributed by atoms with Gasteiger partial charge in [0.05, 0.1) is 16.8 Å². The summed E-state index contributed by atoms with van der Waals surface area (Å²) < 4.78 is 32.7. The molecule has 174 valence electrons. The number of sulfone groups is 1. The van der Waals surface area contributed by atoms with Crippen molar-refractivity contribution in [1.29, 1.82) is 0 Å². The molecule has 0 unspecified atom stereocenters. The molecule has 5 rings (SSSR count). The number of carbonyl (C=O) groups excluding carboxylic acids is 2. The highest BCUT2D eigenvalue weighted by Crippen LogP contribution is 2.54. The summed E-state index contributed by atoms with van der Waals surface area (Å²) in [4.78, 5) is 28.4. The molecule has 34 heavy (non-hydrogen) atoms. The second-order valence-electron chi connectivity index (χ2n) is 8.72. The lowest BCUT2D eigenvalue weighted by atomic mass is 9.77. The van der Waals surface area contributed by atoms with Crippen molar-refractivity contribution in [3.8, 4) is 0 Å². The minimum atomic E-state index is -3.82. The highest BCUT2D eigenvalue weighted by atomic mass is 32.2. The number of ketones is 1. The lowest BCUT2D eigenvalue weighted by molar-refractivity contribution is -0.137. The Kier molecular flexibility index (Phi) is 5.41. The van der Waals surface area contributed by atoms with Gasteiger partial charge in [0.15, 0.2) is 15.6 Å². The maximum atomic E-state index is 14.1. The molecule has 1 aliphatic carbocycles. The molecule has 1 fully saturated rings. The Balaban J connectivity index is 1.74. The molecule has 1 spiro atoms. The van der Waals surface area contributed by atoms with Gasteiger partial charge in [0.2, 0.25) is 0 Å². The van der Waals surface area contributed by atoms with Gasteiger partial charge in [-0.3, -0.25) is 9.69 Å². The molecular formula is C27H25NO5S. The first kappa shape index (κ1) is 22.5. The van der Waals surface area contributed by atoms with Crippen LogP contribution in [0.3, 0.4) is 0 Å². The van der Waals surface area contributed by atoms with Gasteiger partial charge in [-0.15, -0.1) is 0 Å². The number of ether oxygens (including phenoxy) is 1. The van der Waals surface area contributed by atoms with Crippen molar-refractivity contribution in [2.24, 2.45) is 5.92 Å². The molecule has 3 aromatic rings. The van der Waals surface area contributed by atoms with Crippen LogP contribution >= 0.6 is 0 Å². The Labute approximate surface area is 198 Å². The number of carbonyl (C=O) groups is 2. The van der Waals surface area contributed by atoms with Crippen molar-refractivity contribution in [2.75, 3.05) is 20.2 Å². The normalized spacial score (nSPS) is 24.5. The average Bonchev–Trinajstić information content (AvgIpc) is 3.28. The molecule has 1 saturated heterocycles. The van der Waals surface area contributed by atoms with Gasteiger partial charge in [-0.05, 0) is 42.4 Å². The van der Waals surface area contributed by atoms with Crippen LogP contribution < -0.4 is 0 Å². The monoisotopic (exact) mass is 475 g/mol. The summed E-state index contributed by atoms with van der Waals surface area (Å²) in [7, 11) is -2.04. The zero-order chi connectivity index (χ0) is 24.1. The SMILES string of the molecule is CCOC(=O)/C=C/[C@H]1[C@H](S(=O)(=O)c2ccccc2)CN(C)[C@@]12C(=O)c1cccc3cccc2c13. The number of fused-ring (bicyclic) bond motifs is 1. The number of likely N-dealkylation sites (tertiary alicyclic amines) is 1. The Bertz CT molecular complexity index is 1420. The summed E-state index contributed by atoms with van der Waals surface area (Å²) in [6.45, 7) is 2.05. The molecule has 0 N–H and O–H groups in total. The summed E-state index contributed by atoms with van der Waals surface area (Å²) in [6, 6.07) is 19.6. The fourth-order valence-electron chi connectivity index (χ4n) is 5.65. The molecular weight excluding hydrogens is 450 g/mol. The molecule has 6 nitrogen and oxygen atoms in total. The molecule has 7 heteroatoms. The molecule has 0 aromatic heterocycles. The highest BCUT2D eigenvalue weighted by molar-refractivity contribution is 7.92. The number of Topliss-reactive ketones (excluding diaryl/α,β-unsaturated/α-hetero) is 1. The standard InChI is InChI=1S/C27H25NO5S/c1-3-33-24(29)16-15-21-23(34(31,32)19-11-5-4-6-12-19)17-28(2)27(21)22-14-8-10-18-9-7-13-20(25(18)22)26(27)30/h4-16,21,23H,3,17H2,1-2H3/b16-15+/t21-,23+,27-/m0/s1. The Morgan fingerprint density at radius 2 is 1.79 bits per heavy atom. The maximum absolute atomic E-state index is 14.1. The smallest absolute Gasteiger partial charge is 0.330 e. The van der Waals surface area contributed by atoms with E-state index in [0.717, 1.165) is 16.3 Å². The summed E-state index contributed by atoms with van der Waals surface area (Å²) >= 11 is 0. The van der Waals surface area contributed by atoms with Crippen LogP contribution in [-0.4, -0.2) is 50.5 Å². The number of hydrogen-bond donors (Lipinski definition) is 0. The second-order valence-corrected chi connectivity index (χ2v) is 10.9. The maximum Gasteiger partial charge on any atom is 0.330 e. The van der Waals surface area contributed by atoms with Crippen molar-refractivity contribution in [3.05, 3.63) is 90.0 Å². The van der Waals surface area contributed by atoms with Gasteiger partial charge < -0.3 is 4.74 Å².